The average molecular weight is 213 g/mol. The lowest BCUT2D eigenvalue weighted by Gasteiger charge is -2.47. The lowest BCUT2D eigenvalue weighted by Crippen LogP contribution is -2.60. The van der Waals surface area contributed by atoms with Crippen LogP contribution in [0.25, 0.3) is 0 Å². The average Bonchev–Trinajstić information content (AvgIpc) is 3.03. The molecule has 1 unspecified atom stereocenters. The van der Waals surface area contributed by atoms with Gasteiger partial charge < -0.3 is 10.1 Å². The zero-order valence-electron chi connectivity index (χ0n) is 8.63. The van der Waals surface area contributed by atoms with Crippen LogP contribution in [0, 0.1) is 5.92 Å². The van der Waals surface area contributed by atoms with E-state index in [0.29, 0.717) is 6.04 Å². The zero-order valence-corrected chi connectivity index (χ0v) is 9.44. The summed E-state index contributed by atoms with van der Waals surface area (Å²) < 4.78 is 6.14. The number of thioether (sulfide) groups is 1. The van der Waals surface area contributed by atoms with Crippen molar-refractivity contribution in [3.63, 3.8) is 0 Å². The first-order valence-corrected chi connectivity index (χ1v) is 7.01. The van der Waals surface area contributed by atoms with Crippen molar-refractivity contribution in [1.82, 2.24) is 5.32 Å². The number of ether oxygens (including phenoxy) is 1. The molecular weight excluding hydrogens is 194 g/mol. The maximum atomic E-state index is 6.14. The van der Waals surface area contributed by atoms with Crippen LogP contribution in [-0.2, 0) is 4.74 Å². The number of rotatable bonds is 1. The molecule has 0 radical (unpaired) electrons. The number of morpholine rings is 1. The Hall–Kier alpha value is 0.270. The number of nitrogens with one attached hydrogen (secondary N) is 1. The molecule has 1 N–H and O–H groups in total. The van der Waals surface area contributed by atoms with E-state index in [1.165, 1.54) is 37.2 Å². The van der Waals surface area contributed by atoms with Crippen molar-refractivity contribution >= 4 is 11.8 Å². The van der Waals surface area contributed by atoms with Gasteiger partial charge in [0.1, 0.15) is 0 Å². The maximum absolute atomic E-state index is 6.14. The molecule has 2 saturated heterocycles. The van der Waals surface area contributed by atoms with Crippen LogP contribution in [0.3, 0.4) is 0 Å². The molecule has 3 heteroatoms. The maximum Gasteiger partial charge on any atom is 0.0853 e. The summed E-state index contributed by atoms with van der Waals surface area (Å²) in [7, 11) is 0. The van der Waals surface area contributed by atoms with Crippen molar-refractivity contribution < 1.29 is 4.74 Å². The molecule has 3 fully saturated rings. The SMILES string of the molecule is C1COC2(CCSCC2)C(C2CC2)N1. The highest BCUT2D eigenvalue weighted by molar-refractivity contribution is 7.99. The van der Waals surface area contributed by atoms with E-state index in [-0.39, 0.29) is 5.60 Å². The van der Waals surface area contributed by atoms with Crippen LogP contribution in [0.4, 0.5) is 0 Å². The Morgan fingerprint density at radius 1 is 1.21 bits per heavy atom. The Kier molecular flexibility index (Phi) is 2.50. The van der Waals surface area contributed by atoms with Gasteiger partial charge in [0.2, 0.25) is 0 Å². The minimum Gasteiger partial charge on any atom is -0.372 e. The van der Waals surface area contributed by atoms with Gasteiger partial charge in [0.05, 0.1) is 12.2 Å². The fourth-order valence-corrected chi connectivity index (χ4v) is 4.13. The Morgan fingerprint density at radius 2 is 2.00 bits per heavy atom. The monoisotopic (exact) mass is 213 g/mol. The van der Waals surface area contributed by atoms with Crippen LogP contribution >= 0.6 is 11.8 Å². The molecule has 2 heterocycles. The van der Waals surface area contributed by atoms with Crippen LogP contribution in [0.1, 0.15) is 25.7 Å². The Labute approximate surface area is 90.2 Å². The van der Waals surface area contributed by atoms with Crippen LogP contribution in [0.5, 0.6) is 0 Å². The third-order valence-electron chi connectivity index (χ3n) is 3.86. The van der Waals surface area contributed by atoms with Gasteiger partial charge in [-0.2, -0.15) is 11.8 Å². The van der Waals surface area contributed by atoms with Crippen LogP contribution in [-0.4, -0.2) is 36.3 Å². The smallest absolute Gasteiger partial charge is 0.0853 e. The van der Waals surface area contributed by atoms with Crippen molar-refractivity contribution in [2.24, 2.45) is 5.92 Å². The topological polar surface area (TPSA) is 21.3 Å². The van der Waals surface area contributed by atoms with Crippen LogP contribution < -0.4 is 5.32 Å². The van der Waals surface area contributed by atoms with E-state index in [2.05, 4.69) is 17.1 Å². The van der Waals surface area contributed by atoms with Gasteiger partial charge in [-0.15, -0.1) is 0 Å². The van der Waals surface area contributed by atoms with E-state index in [1.807, 2.05) is 0 Å². The Balaban J connectivity index is 1.77. The van der Waals surface area contributed by atoms with Gasteiger partial charge >= 0.3 is 0 Å². The zero-order chi connectivity index (χ0) is 9.43. The molecule has 1 saturated carbocycles. The molecule has 3 rings (SSSR count). The van der Waals surface area contributed by atoms with Crippen molar-refractivity contribution in [2.45, 2.75) is 37.3 Å². The molecule has 0 aromatic heterocycles. The molecule has 80 valence electrons. The minimum atomic E-state index is 0.227. The summed E-state index contributed by atoms with van der Waals surface area (Å²) >= 11 is 2.09. The highest BCUT2D eigenvalue weighted by Crippen LogP contribution is 2.44. The molecule has 3 aliphatic rings. The second-order valence-electron chi connectivity index (χ2n) is 4.79. The van der Waals surface area contributed by atoms with E-state index < -0.39 is 0 Å². The third kappa shape index (κ3) is 1.59. The lowest BCUT2D eigenvalue weighted by atomic mass is 9.83. The first kappa shape index (κ1) is 9.49. The molecule has 1 spiro atoms. The van der Waals surface area contributed by atoms with E-state index in [4.69, 9.17) is 4.74 Å². The Bertz CT molecular complexity index is 203. The highest BCUT2D eigenvalue weighted by Gasteiger charge is 2.49. The van der Waals surface area contributed by atoms with Crippen molar-refractivity contribution in [2.75, 3.05) is 24.7 Å². The Morgan fingerprint density at radius 3 is 2.71 bits per heavy atom. The molecule has 0 bridgehead atoms. The first-order valence-electron chi connectivity index (χ1n) is 5.86. The minimum absolute atomic E-state index is 0.227. The fraction of sp³-hybridized carbons (Fsp3) is 1.00. The summed E-state index contributed by atoms with van der Waals surface area (Å²) in [4.78, 5) is 0. The standard InChI is InChI=1S/C11H19NOS/c1-2-9(1)10-11(13-6-5-12-10)3-7-14-8-4-11/h9-10,12H,1-8H2. The molecule has 0 aromatic rings. The largest absolute Gasteiger partial charge is 0.372 e. The summed E-state index contributed by atoms with van der Waals surface area (Å²) in [6, 6.07) is 0.678. The predicted molar refractivity (Wildman–Crippen MR) is 59.8 cm³/mol. The molecule has 1 atom stereocenters. The van der Waals surface area contributed by atoms with Crippen LogP contribution in [0.15, 0.2) is 0 Å². The molecule has 0 amide bonds. The van der Waals surface area contributed by atoms with Gasteiger partial charge in [-0.3, -0.25) is 0 Å². The second-order valence-corrected chi connectivity index (χ2v) is 6.02. The van der Waals surface area contributed by atoms with Gasteiger partial charge in [-0.1, -0.05) is 0 Å². The van der Waals surface area contributed by atoms with Crippen molar-refractivity contribution in [3.05, 3.63) is 0 Å². The predicted octanol–water partition coefficient (Wildman–Crippen LogP) is 1.65. The summed E-state index contributed by atoms with van der Waals surface area (Å²) in [5.74, 6) is 3.52. The summed E-state index contributed by atoms with van der Waals surface area (Å²) in [5, 5.41) is 3.71. The van der Waals surface area contributed by atoms with Gasteiger partial charge in [-0.05, 0) is 43.1 Å². The molecular formula is C11H19NOS. The van der Waals surface area contributed by atoms with Gasteiger partial charge in [-0.25, -0.2) is 0 Å². The van der Waals surface area contributed by atoms with Gasteiger partial charge in [0.25, 0.3) is 0 Å². The van der Waals surface area contributed by atoms with E-state index in [0.717, 1.165) is 19.1 Å². The van der Waals surface area contributed by atoms with Gasteiger partial charge in [0.15, 0.2) is 0 Å². The summed E-state index contributed by atoms with van der Waals surface area (Å²) in [5.41, 5.74) is 0.227. The third-order valence-corrected chi connectivity index (χ3v) is 4.84. The van der Waals surface area contributed by atoms with E-state index >= 15 is 0 Å². The van der Waals surface area contributed by atoms with E-state index in [9.17, 15) is 0 Å². The number of hydrogen-bond donors (Lipinski definition) is 1. The van der Waals surface area contributed by atoms with Crippen LogP contribution in [0.2, 0.25) is 0 Å². The molecule has 2 nitrogen and oxygen atoms in total. The quantitative estimate of drug-likeness (QED) is 0.715. The van der Waals surface area contributed by atoms with E-state index in [1.54, 1.807) is 0 Å². The molecule has 14 heavy (non-hydrogen) atoms. The van der Waals surface area contributed by atoms with Crippen molar-refractivity contribution in [1.29, 1.82) is 0 Å². The van der Waals surface area contributed by atoms with Crippen molar-refractivity contribution in [3.8, 4) is 0 Å². The normalized spacial score (nSPS) is 37.3. The fourth-order valence-electron chi connectivity index (χ4n) is 2.94. The molecule has 2 aliphatic heterocycles. The first-order chi connectivity index (χ1) is 6.91. The molecule has 0 aromatic carbocycles. The molecule has 1 aliphatic carbocycles. The summed E-state index contributed by atoms with van der Waals surface area (Å²) in [6.45, 7) is 1.99. The highest BCUT2D eigenvalue weighted by atomic mass is 32.2. The van der Waals surface area contributed by atoms with Gasteiger partial charge in [0, 0.05) is 12.6 Å². The summed E-state index contributed by atoms with van der Waals surface area (Å²) in [6.07, 6.45) is 5.39. The lowest BCUT2D eigenvalue weighted by molar-refractivity contribution is -0.107. The number of hydrogen-bond acceptors (Lipinski definition) is 3. The second kappa shape index (κ2) is 3.69.